The summed E-state index contributed by atoms with van der Waals surface area (Å²) in [6, 6.07) is 7.09. The Labute approximate surface area is 223 Å². The molecule has 0 bridgehead atoms. The van der Waals surface area contributed by atoms with Crippen molar-refractivity contribution >= 4 is 15.9 Å². The highest BCUT2D eigenvalue weighted by atomic mass is 32.2. The molecule has 3 aromatic rings. The van der Waals surface area contributed by atoms with E-state index in [1.54, 1.807) is 0 Å². The van der Waals surface area contributed by atoms with Crippen LogP contribution in [0.2, 0.25) is 0 Å². The normalized spacial score (nSPS) is 20.2. The Hall–Kier alpha value is -3.45. The summed E-state index contributed by atoms with van der Waals surface area (Å²) in [5.41, 5.74) is -0.00783. The first-order valence-corrected chi connectivity index (χ1v) is 13.8. The summed E-state index contributed by atoms with van der Waals surface area (Å²) in [6.45, 7) is 3.92. The number of amides is 1. The first-order chi connectivity index (χ1) is 18.4. The summed E-state index contributed by atoms with van der Waals surface area (Å²) in [5, 5.41) is 2.74. The molecule has 208 valence electrons. The summed E-state index contributed by atoms with van der Waals surface area (Å²) in [5.74, 6) is -1.40. The summed E-state index contributed by atoms with van der Waals surface area (Å²) >= 11 is 0. The lowest BCUT2D eigenvalue weighted by Crippen LogP contribution is -2.47. The zero-order valence-corrected chi connectivity index (χ0v) is 22.0. The lowest BCUT2D eigenvalue weighted by Gasteiger charge is -2.25. The minimum atomic E-state index is -4.56. The summed E-state index contributed by atoms with van der Waals surface area (Å²) in [4.78, 5) is 24.9. The Morgan fingerprint density at radius 2 is 1.82 bits per heavy atom. The van der Waals surface area contributed by atoms with Crippen molar-refractivity contribution in [1.29, 1.82) is 0 Å². The Bertz CT molecular complexity index is 1420. The molecule has 39 heavy (non-hydrogen) atoms. The second-order valence-corrected chi connectivity index (χ2v) is 11.3. The molecule has 3 heterocycles. The number of carbonyl (C=O) groups is 1. The number of alkyl halides is 3. The van der Waals surface area contributed by atoms with Crippen LogP contribution >= 0.6 is 0 Å². The maximum atomic E-state index is 13.4. The van der Waals surface area contributed by atoms with Crippen molar-refractivity contribution < 1.29 is 30.8 Å². The minimum Gasteiger partial charge on any atom is -0.349 e. The fourth-order valence-corrected chi connectivity index (χ4v) is 6.49. The van der Waals surface area contributed by atoms with E-state index in [0.29, 0.717) is 17.0 Å². The predicted octanol–water partition coefficient (Wildman–Crippen LogP) is 4.44. The molecule has 0 spiro atoms. The van der Waals surface area contributed by atoms with Crippen LogP contribution < -0.4 is 5.32 Å². The van der Waals surface area contributed by atoms with Crippen LogP contribution in [0.4, 0.5) is 17.6 Å². The van der Waals surface area contributed by atoms with Gasteiger partial charge < -0.3 is 5.32 Å². The fraction of sp³-hybridized carbons (Fsp3) is 0.385. The van der Waals surface area contributed by atoms with E-state index >= 15 is 0 Å². The molecule has 1 aliphatic heterocycles. The highest BCUT2D eigenvalue weighted by Crippen LogP contribution is 2.37. The van der Waals surface area contributed by atoms with Crippen molar-refractivity contribution in [3.05, 3.63) is 72.2 Å². The monoisotopic (exact) mass is 565 g/mol. The van der Waals surface area contributed by atoms with E-state index in [1.165, 1.54) is 34.9 Å². The number of sulfonamides is 1. The molecule has 2 aromatic heterocycles. The van der Waals surface area contributed by atoms with Crippen molar-refractivity contribution in [2.75, 3.05) is 6.54 Å². The number of pyridine rings is 1. The van der Waals surface area contributed by atoms with Gasteiger partial charge in [-0.3, -0.25) is 9.78 Å². The van der Waals surface area contributed by atoms with Crippen LogP contribution in [0.5, 0.6) is 0 Å². The van der Waals surface area contributed by atoms with Crippen LogP contribution in [0.3, 0.4) is 0 Å². The molecule has 1 amide bonds. The fourth-order valence-electron chi connectivity index (χ4n) is 4.76. The molecule has 0 aliphatic carbocycles. The summed E-state index contributed by atoms with van der Waals surface area (Å²) < 4.78 is 79.9. The molecule has 13 heteroatoms. The first-order valence-electron chi connectivity index (χ1n) is 12.3. The van der Waals surface area contributed by atoms with Gasteiger partial charge in [-0.15, -0.1) is 0 Å². The lowest BCUT2D eigenvalue weighted by atomic mass is 9.89. The molecular weight excluding hydrogens is 538 g/mol. The van der Waals surface area contributed by atoms with Crippen molar-refractivity contribution in [2.24, 2.45) is 11.8 Å². The van der Waals surface area contributed by atoms with Gasteiger partial charge in [-0.25, -0.2) is 22.8 Å². The highest BCUT2D eigenvalue weighted by Gasteiger charge is 2.48. The van der Waals surface area contributed by atoms with E-state index in [4.69, 9.17) is 0 Å². The molecule has 0 radical (unpaired) electrons. The Kier molecular flexibility index (Phi) is 8.31. The maximum absolute atomic E-state index is 13.4. The molecule has 4 rings (SSSR count). The van der Waals surface area contributed by atoms with E-state index < -0.39 is 39.7 Å². The van der Waals surface area contributed by atoms with Crippen molar-refractivity contribution in [1.82, 2.24) is 24.6 Å². The minimum absolute atomic E-state index is 0.0428. The largest absolute Gasteiger partial charge is 0.433 e. The molecule has 3 unspecified atom stereocenters. The molecule has 3 atom stereocenters. The van der Waals surface area contributed by atoms with Crippen molar-refractivity contribution in [3.8, 4) is 11.3 Å². The second kappa shape index (κ2) is 11.3. The van der Waals surface area contributed by atoms with E-state index in [2.05, 4.69) is 20.3 Å². The third-order valence-corrected chi connectivity index (χ3v) is 8.69. The molecule has 1 aliphatic rings. The molecule has 8 nitrogen and oxygen atoms in total. The predicted molar refractivity (Wildman–Crippen MR) is 134 cm³/mol. The van der Waals surface area contributed by atoms with Crippen LogP contribution in [0.25, 0.3) is 11.3 Å². The van der Waals surface area contributed by atoms with Gasteiger partial charge >= 0.3 is 6.18 Å². The van der Waals surface area contributed by atoms with Gasteiger partial charge in [0.25, 0.3) is 0 Å². The molecule has 1 aromatic carbocycles. The molecule has 0 saturated carbocycles. The van der Waals surface area contributed by atoms with Crippen LogP contribution in [-0.4, -0.2) is 46.2 Å². The van der Waals surface area contributed by atoms with Crippen molar-refractivity contribution in [2.45, 2.75) is 50.3 Å². The van der Waals surface area contributed by atoms with Gasteiger partial charge in [0.1, 0.15) is 23.9 Å². The molecule has 1 fully saturated rings. The highest BCUT2D eigenvalue weighted by molar-refractivity contribution is 7.89. The molecule has 1 saturated heterocycles. The van der Waals surface area contributed by atoms with Gasteiger partial charge in [-0.2, -0.15) is 17.5 Å². The van der Waals surface area contributed by atoms with Gasteiger partial charge in [-0.1, -0.05) is 20.3 Å². The van der Waals surface area contributed by atoms with Gasteiger partial charge in [0.2, 0.25) is 15.9 Å². The van der Waals surface area contributed by atoms with E-state index in [-0.39, 0.29) is 29.8 Å². The van der Waals surface area contributed by atoms with E-state index in [1.807, 2.05) is 13.8 Å². The molecule has 1 N–H and O–H groups in total. The first kappa shape index (κ1) is 28.6. The number of rotatable bonds is 8. The number of aromatic nitrogens is 3. The molecular formula is C26H27F4N5O3S. The van der Waals surface area contributed by atoms with Crippen LogP contribution in [0.1, 0.15) is 38.1 Å². The Morgan fingerprint density at radius 1 is 1.10 bits per heavy atom. The second-order valence-electron chi connectivity index (χ2n) is 9.42. The maximum Gasteiger partial charge on any atom is 0.433 e. The third kappa shape index (κ3) is 6.25. The lowest BCUT2D eigenvalue weighted by molar-refractivity contribution is -0.141. The number of nitrogens with zero attached hydrogens (tertiary/aromatic N) is 4. The zero-order valence-electron chi connectivity index (χ0n) is 21.2. The number of halogens is 4. The number of hydrogen-bond acceptors (Lipinski definition) is 6. The SMILES string of the molecule is CCCC1CN(S(=O)(=O)c2ccc(F)cc2)C(C(=O)NCc2cc(-c3ccc(C(F)(F)F)nc3)ncn2)C1C. The smallest absolute Gasteiger partial charge is 0.349 e. The van der Waals surface area contributed by atoms with Crippen LogP contribution in [-0.2, 0) is 27.5 Å². The average molecular weight is 566 g/mol. The number of carbonyl (C=O) groups excluding carboxylic acids is 1. The topological polar surface area (TPSA) is 105 Å². The Balaban J connectivity index is 1.52. The van der Waals surface area contributed by atoms with Crippen LogP contribution in [0.15, 0.2) is 59.9 Å². The van der Waals surface area contributed by atoms with E-state index in [9.17, 15) is 30.8 Å². The standard InChI is InChI=1S/C26H27F4N5O3S/c1-3-4-18-14-35(39(37,38)21-8-6-19(27)7-9-21)24(16(18)2)25(36)32-13-20-11-22(34-15-33-20)17-5-10-23(31-12-17)26(28,29)30/h5-12,15-16,18,24H,3-4,13-14H2,1-2H3,(H,32,36). The van der Waals surface area contributed by atoms with Gasteiger partial charge in [-0.05, 0) is 60.7 Å². The summed E-state index contributed by atoms with van der Waals surface area (Å²) in [6.07, 6.45) is -0.743. The van der Waals surface area contributed by atoms with Gasteiger partial charge in [0.05, 0.1) is 22.8 Å². The van der Waals surface area contributed by atoms with Gasteiger partial charge in [0, 0.05) is 18.3 Å². The van der Waals surface area contributed by atoms with Crippen molar-refractivity contribution in [3.63, 3.8) is 0 Å². The van der Waals surface area contributed by atoms with E-state index in [0.717, 1.165) is 37.2 Å². The van der Waals surface area contributed by atoms with Crippen LogP contribution in [0, 0.1) is 17.7 Å². The number of hydrogen-bond donors (Lipinski definition) is 1. The summed E-state index contributed by atoms with van der Waals surface area (Å²) in [7, 11) is -4.08. The number of benzene rings is 1. The average Bonchev–Trinajstić information content (AvgIpc) is 3.24. The zero-order chi connectivity index (χ0) is 28.4. The Morgan fingerprint density at radius 3 is 2.44 bits per heavy atom. The third-order valence-electron chi connectivity index (χ3n) is 6.83. The van der Waals surface area contributed by atoms with Gasteiger partial charge in [0.15, 0.2) is 0 Å². The number of nitrogens with one attached hydrogen (secondary N) is 1. The quantitative estimate of drug-likeness (QED) is 0.405.